The molecule has 0 bridgehead atoms. The van der Waals surface area contributed by atoms with E-state index in [1.54, 1.807) is 0 Å². The minimum atomic E-state index is 1.09. The van der Waals surface area contributed by atoms with Gasteiger partial charge in [0.25, 0.3) is 0 Å². The fraction of sp³-hybridized carbons (Fsp3) is 0. The zero-order valence-electron chi connectivity index (χ0n) is 26.1. The third-order valence-electron chi connectivity index (χ3n) is 9.08. The number of aromatic nitrogens is 4. The molecule has 0 spiro atoms. The van der Waals surface area contributed by atoms with Crippen molar-refractivity contribution in [2.45, 2.75) is 0 Å². The summed E-state index contributed by atoms with van der Waals surface area (Å²) < 4.78 is 4.85. The second-order valence-corrected chi connectivity index (χ2v) is 12.0. The summed E-state index contributed by atoms with van der Waals surface area (Å²) in [4.78, 5) is 8.67. The van der Waals surface area contributed by atoms with Gasteiger partial charge < -0.3 is 9.13 Å². The van der Waals surface area contributed by atoms with E-state index < -0.39 is 0 Å². The van der Waals surface area contributed by atoms with Crippen LogP contribution in [0, 0.1) is 0 Å². The number of pyridine rings is 2. The predicted molar refractivity (Wildman–Crippen MR) is 197 cm³/mol. The normalized spacial score (nSPS) is 11.3. The van der Waals surface area contributed by atoms with Gasteiger partial charge in [0.15, 0.2) is 0 Å². The predicted octanol–water partition coefficient (Wildman–Crippen LogP) is 11.0. The molecule has 0 aliphatic rings. The van der Waals surface area contributed by atoms with E-state index in [4.69, 9.17) is 0 Å². The first-order chi connectivity index (χ1) is 23.8. The highest BCUT2D eigenvalue weighted by molar-refractivity contribution is 6.10. The van der Waals surface area contributed by atoms with Gasteiger partial charge >= 0.3 is 0 Å². The number of hydrogen-bond donors (Lipinski definition) is 0. The second kappa shape index (κ2) is 11.7. The van der Waals surface area contributed by atoms with Crippen LogP contribution in [0.1, 0.15) is 0 Å². The molecule has 9 aromatic rings. The maximum Gasteiger partial charge on any atom is 0.0782 e. The van der Waals surface area contributed by atoms with Crippen molar-refractivity contribution in [1.82, 2.24) is 19.1 Å². The quantitative estimate of drug-likeness (QED) is 0.187. The van der Waals surface area contributed by atoms with Crippen molar-refractivity contribution in [2.24, 2.45) is 0 Å². The zero-order valence-corrected chi connectivity index (χ0v) is 26.1. The van der Waals surface area contributed by atoms with Gasteiger partial charge in [-0.15, -0.1) is 0 Å². The van der Waals surface area contributed by atoms with Crippen molar-refractivity contribution in [3.63, 3.8) is 0 Å². The highest BCUT2D eigenvalue weighted by Gasteiger charge is 2.22. The number of hydrogen-bond acceptors (Lipinski definition) is 2. The summed E-state index contributed by atoms with van der Waals surface area (Å²) in [5.41, 5.74) is 13.6. The molecular formula is C44H30N4. The number of nitrogens with zero attached hydrogens (tertiary/aromatic N) is 4. The lowest BCUT2D eigenvalue weighted by atomic mass is 9.97. The molecule has 226 valence electrons. The standard InChI is InChI=1S/C44H30N4/c1-4-10-31(11-5-1)37-26-38(32-12-6-2-7-13-32)28-40(27-37)48-42(34-20-24-46-25-21-34)30-36-17-16-35-29-41(33-18-22-45-23-19-33)47(43(35)44(36)48)39-14-8-3-9-15-39/h1-30H. The summed E-state index contributed by atoms with van der Waals surface area (Å²) >= 11 is 0. The minimum Gasteiger partial charge on any atom is -0.307 e. The van der Waals surface area contributed by atoms with Gasteiger partial charge in [0.1, 0.15) is 0 Å². The van der Waals surface area contributed by atoms with Crippen LogP contribution in [0.4, 0.5) is 0 Å². The van der Waals surface area contributed by atoms with E-state index in [0.717, 1.165) is 61.4 Å². The van der Waals surface area contributed by atoms with E-state index >= 15 is 0 Å². The molecule has 4 heterocycles. The van der Waals surface area contributed by atoms with Crippen LogP contribution in [0.25, 0.3) is 77.9 Å². The Kier molecular flexibility index (Phi) is 6.76. The number of rotatable bonds is 6. The second-order valence-electron chi connectivity index (χ2n) is 12.0. The molecule has 0 radical (unpaired) electrons. The monoisotopic (exact) mass is 614 g/mol. The topological polar surface area (TPSA) is 35.6 Å². The molecule has 0 amide bonds. The van der Waals surface area contributed by atoms with Crippen LogP contribution >= 0.6 is 0 Å². The van der Waals surface area contributed by atoms with Crippen LogP contribution in [-0.2, 0) is 0 Å². The first-order valence-corrected chi connectivity index (χ1v) is 16.1. The molecule has 4 heteroatoms. The van der Waals surface area contributed by atoms with E-state index in [1.165, 1.54) is 16.5 Å². The molecule has 0 saturated carbocycles. The minimum absolute atomic E-state index is 1.09. The summed E-state index contributed by atoms with van der Waals surface area (Å²) in [5.74, 6) is 0. The summed E-state index contributed by atoms with van der Waals surface area (Å²) in [6.45, 7) is 0. The van der Waals surface area contributed by atoms with Crippen LogP contribution in [0.3, 0.4) is 0 Å². The molecule has 9 rings (SSSR count). The van der Waals surface area contributed by atoms with Crippen molar-refractivity contribution in [1.29, 1.82) is 0 Å². The van der Waals surface area contributed by atoms with Gasteiger partial charge in [0.05, 0.1) is 22.4 Å². The van der Waals surface area contributed by atoms with Crippen LogP contribution in [-0.4, -0.2) is 19.1 Å². The third kappa shape index (κ3) is 4.79. The Hall–Kier alpha value is -6.52. The number of benzene rings is 5. The molecule has 0 fully saturated rings. The Morgan fingerprint density at radius 2 is 0.729 bits per heavy atom. The molecule has 0 aliphatic carbocycles. The average molecular weight is 615 g/mol. The molecular weight excluding hydrogens is 585 g/mol. The first-order valence-electron chi connectivity index (χ1n) is 16.1. The SMILES string of the molecule is c1ccc(-c2cc(-c3ccccc3)cc(-n3c(-c4ccncc4)cc4ccc5cc(-c6ccncc6)n(-c6ccccc6)c5c43)c2)cc1. The Morgan fingerprint density at radius 1 is 0.312 bits per heavy atom. The smallest absolute Gasteiger partial charge is 0.0782 e. The molecule has 5 aromatic carbocycles. The van der Waals surface area contributed by atoms with Crippen molar-refractivity contribution in [3.8, 4) is 56.1 Å². The molecule has 0 unspecified atom stereocenters. The lowest BCUT2D eigenvalue weighted by Crippen LogP contribution is -2.02. The van der Waals surface area contributed by atoms with E-state index in [9.17, 15) is 0 Å². The summed E-state index contributed by atoms with van der Waals surface area (Å²) in [7, 11) is 0. The molecule has 4 aromatic heterocycles. The maximum absolute atomic E-state index is 4.36. The van der Waals surface area contributed by atoms with Gasteiger partial charge in [0, 0.05) is 58.1 Å². The molecule has 4 nitrogen and oxygen atoms in total. The Bertz CT molecular complexity index is 2460. The van der Waals surface area contributed by atoms with E-state index in [1.807, 2.05) is 24.8 Å². The fourth-order valence-corrected chi connectivity index (χ4v) is 6.90. The van der Waals surface area contributed by atoms with Gasteiger partial charge in [-0.2, -0.15) is 0 Å². The molecule has 0 saturated heterocycles. The highest BCUT2D eigenvalue weighted by atomic mass is 15.1. The third-order valence-corrected chi connectivity index (χ3v) is 9.08. The van der Waals surface area contributed by atoms with E-state index in [0.29, 0.717) is 0 Å². The van der Waals surface area contributed by atoms with Gasteiger partial charge in [-0.05, 0) is 89.0 Å². The summed E-state index contributed by atoms with van der Waals surface area (Å²) in [5, 5.41) is 2.33. The van der Waals surface area contributed by atoms with Crippen molar-refractivity contribution >= 4 is 21.8 Å². The summed E-state index contributed by atoms with van der Waals surface area (Å²) in [6.07, 6.45) is 7.47. The van der Waals surface area contributed by atoms with Crippen molar-refractivity contribution in [3.05, 3.63) is 183 Å². The maximum atomic E-state index is 4.36. The van der Waals surface area contributed by atoms with E-state index in [2.05, 4.69) is 177 Å². The van der Waals surface area contributed by atoms with Gasteiger partial charge in [-0.3, -0.25) is 9.97 Å². The zero-order chi connectivity index (χ0) is 31.9. The number of para-hydroxylation sites is 1. The van der Waals surface area contributed by atoms with Gasteiger partial charge in [-0.25, -0.2) is 0 Å². The fourth-order valence-electron chi connectivity index (χ4n) is 6.90. The van der Waals surface area contributed by atoms with Crippen LogP contribution in [0.2, 0.25) is 0 Å². The molecule has 0 N–H and O–H groups in total. The van der Waals surface area contributed by atoms with Crippen LogP contribution in [0.15, 0.2) is 183 Å². The molecule has 0 aliphatic heterocycles. The molecule has 0 atom stereocenters. The van der Waals surface area contributed by atoms with Gasteiger partial charge in [0.2, 0.25) is 0 Å². The lowest BCUT2D eigenvalue weighted by Gasteiger charge is -2.18. The highest BCUT2D eigenvalue weighted by Crippen LogP contribution is 2.41. The lowest BCUT2D eigenvalue weighted by molar-refractivity contribution is 1.10. The summed E-state index contributed by atoms with van der Waals surface area (Å²) in [6, 6.07) is 56.4. The Labute approximate surface area is 278 Å². The van der Waals surface area contributed by atoms with E-state index in [-0.39, 0.29) is 0 Å². The Balaban J connectivity index is 1.44. The van der Waals surface area contributed by atoms with Crippen LogP contribution < -0.4 is 0 Å². The Morgan fingerprint density at radius 3 is 1.19 bits per heavy atom. The number of fused-ring (bicyclic) bond motifs is 3. The van der Waals surface area contributed by atoms with Crippen molar-refractivity contribution in [2.75, 3.05) is 0 Å². The first kappa shape index (κ1) is 27.8. The average Bonchev–Trinajstić information content (AvgIpc) is 3.76. The van der Waals surface area contributed by atoms with Crippen molar-refractivity contribution < 1.29 is 0 Å². The van der Waals surface area contributed by atoms with Crippen LogP contribution in [0.5, 0.6) is 0 Å². The van der Waals surface area contributed by atoms with Gasteiger partial charge in [-0.1, -0.05) is 91.0 Å². The largest absolute Gasteiger partial charge is 0.307 e. The molecule has 48 heavy (non-hydrogen) atoms.